The van der Waals surface area contributed by atoms with Crippen LogP contribution in [0.2, 0.25) is 0 Å². The smallest absolute Gasteiger partial charge is 0.274 e. The molecule has 0 radical (unpaired) electrons. The van der Waals surface area contributed by atoms with E-state index < -0.39 is 0 Å². The van der Waals surface area contributed by atoms with Gasteiger partial charge in [-0.15, -0.1) is 0 Å². The maximum Gasteiger partial charge on any atom is 1.00 e. The first-order valence-corrected chi connectivity index (χ1v) is 1.43. The summed E-state index contributed by atoms with van der Waals surface area (Å²) >= 11 is 0. The van der Waals surface area contributed by atoms with Crippen molar-refractivity contribution in [1.29, 1.82) is 5.26 Å². The van der Waals surface area contributed by atoms with Gasteiger partial charge in [0.15, 0.2) is 6.19 Å². The number of rotatable bonds is 0. The molecule has 0 saturated heterocycles. The van der Waals surface area contributed by atoms with Gasteiger partial charge in [0.1, 0.15) is 0 Å². The second-order valence-electron chi connectivity index (χ2n) is 0.793. The van der Waals surface area contributed by atoms with E-state index in [1.807, 2.05) is 5.32 Å². The molecule has 0 fully saturated rings. The van der Waals surface area contributed by atoms with Crippen LogP contribution in [0.3, 0.4) is 0 Å². The van der Waals surface area contributed by atoms with E-state index in [4.69, 9.17) is 5.26 Å². The molecule has 0 aliphatic heterocycles. The molecule has 4 heteroatoms. The monoisotopic (exact) mass is 107 g/mol. The standard InChI is InChI=1S/C3H4N2O.Na/c1-3(6)5-2-4;/h1H3,(H,5,6);/q;+1. The molecule has 0 heterocycles. The van der Waals surface area contributed by atoms with E-state index >= 15 is 0 Å². The fraction of sp³-hybridized carbons (Fsp3) is 0.333. The quantitative estimate of drug-likeness (QED) is 0.199. The Balaban J connectivity index is 0. The zero-order valence-electron chi connectivity index (χ0n) is 4.36. The molecule has 0 rings (SSSR count). The van der Waals surface area contributed by atoms with Crippen molar-refractivity contribution in [3.8, 4) is 6.19 Å². The van der Waals surface area contributed by atoms with Gasteiger partial charge in [0.25, 0.3) is 0 Å². The number of nitrogens with zero attached hydrogens (tertiary/aromatic N) is 1. The summed E-state index contributed by atoms with van der Waals surface area (Å²) in [5.74, 6) is -0.322. The van der Waals surface area contributed by atoms with Gasteiger partial charge in [0, 0.05) is 6.92 Å². The van der Waals surface area contributed by atoms with E-state index in [0.29, 0.717) is 0 Å². The molecule has 0 saturated carbocycles. The molecular formula is C3H4N2NaO+. The molecule has 0 aromatic heterocycles. The summed E-state index contributed by atoms with van der Waals surface area (Å²) in [4.78, 5) is 9.71. The first-order chi connectivity index (χ1) is 2.77. The maximum absolute atomic E-state index is 9.71. The van der Waals surface area contributed by atoms with Crippen molar-refractivity contribution < 1.29 is 34.4 Å². The van der Waals surface area contributed by atoms with Crippen LogP contribution in [-0.2, 0) is 4.79 Å². The van der Waals surface area contributed by atoms with Crippen LogP contribution in [0.1, 0.15) is 6.92 Å². The number of nitriles is 1. The summed E-state index contributed by atoms with van der Waals surface area (Å²) in [6.07, 6.45) is 1.47. The van der Waals surface area contributed by atoms with E-state index in [2.05, 4.69) is 0 Å². The molecular weight excluding hydrogens is 103 g/mol. The first kappa shape index (κ1) is 10.0. The van der Waals surface area contributed by atoms with E-state index in [0.717, 1.165) is 0 Å². The Labute approximate surface area is 64.0 Å². The van der Waals surface area contributed by atoms with Gasteiger partial charge in [-0.3, -0.25) is 10.1 Å². The zero-order chi connectivity index (χ0) is 4.99. The molecule has 0 aliphatic rings. The molecule has 3 nitrogen and oxygen atoms in total. The summed E-state index contributed by atoms with van der Waals surface area (Å²) < 4.78 is 0. The van der Waals surface area contributed by atoms with Gasteiger partial charge in [0.05, 0.1) is 0 Å². The summed E-state index contributed by atoms with van der Waals surface area (Å²) in [5, 5.41) is 9.53. The third-order valence-corrected chi connectivity index (χ3v) is 0.232. The number of amides is 1. The van der Waals surface area contributed by atoms with Gasteiger partial charge >= 0.3 is 29.6 Å². The molecule has 1 N–H and O–H groups in total. The van der Waals surface area contributed by atoms with Crippen LogP contribution in [0.4, 0.5) is 0 Å². The summed E-state index contributed by atoms with van der Waals surface area (Å²) in [5.41, 5.74) is 0. The number of hydrogen-bond donors (Lipinski definition) is 1. The van der Waals surface area contributed by atoms with Crippen LogP contribution < -0.4 is 34.9 Å². The minimum absolute atomic E-state index is 0. The van der Waals surface area contributed by atoms with E-state index in [9.17, 15) is 4.79 Å². The van der Waals surface area contributed by atoms with Gasteiger partial charge < -0.3 is 0 Å². The largest absolute Gasteiger partial charge is 1.00 e. The molecule has 7 heavy (non-hydrogen) atoms. The Hall–Kier alpha value is -0.0400. The Morgan fingerprint density at radius 3 is 2.29 bits per heavy atom. The molecule has 0 unspecified atom stereocenters. The third-order valence-electron chi connectivity index (χ3n) is 0.232. The topological polar surface area (TPSA) is 52.9 Å². The molecule has 0 spiro atoms. The van der Waals surface area contributed by atoms with Crippen LogP contribution in [0.25, 0.3) is 0 Å². The van der Waals surface area contributed by atoms with Gasteiger partial charge in [-0.25, -0.2) is 0 Å². The van der Waals surface area contributed by atoms with Gasteiger partial charge in [-0.05, 0) is 0 Å². The minimum atomic E-state index is -0.322. The average Bonchev–Trinajstić information content (AvgIpc) is 1.35. The van der Waals surface area contributed by atoms with Crippen molar-refractivity contribution in [3.05, 3.63) is 0 Å². The SMILES string of the molecule is CC(=O)NC#N.[Na+]. The van der Waals surface area contributed by atoms with Crippen molar-refractivity contribution in [3.63, 3.8) is 0 Å². The third kappa shape index (κ3) is 10.7. The number of carbonyl (C=O) groups is 1. The average molecular weight is 107 g/mol. The second kappa shape index (κ2) is 5.96. The maximum atomic E-state index is 9.71. The number of nitrogens with one attached hydrogen (secondary N) is 1. The second-order valence-corrected chi connectivity index (χ2v) is 0.793. The Bertz CT molecular complexity index is 95.6. The van der Waals surface area contributed by atoms with Crippen molar-refractivity contribution in [2.24, 2.45) is 0 Å². The predicted octanol–water partition coefficient (Wildman–Crippen LogP) is -3.39. The van der Waals surface area contributed by atoms with Crippen LogP contribution in [-0.4, -0.2) is 5.91 Å². The fourth-order valence-electron chi connectivity index (χ4n) is 0.0787. The Morgan fingerprint density at radius 2 is 2.29 bits per heavy atom. The molecule has 0 aromatic rings. The van der Waals surface area contributed by atoms with Gasteiger partial charge in [0.2, 0.25) is 5.91 Å². The normalized spacial score (nSPS) is 5.14. The Kier molecular flexibility index (Phi) is 8.56. The summed E-state index contributed by atoms with van der Waals surface area (Å²) in [6, 6.07) is 0. The first-order valence-electron chi connectivity index (χ1n) is 1.43. The van der Waals surface area contributed by atoms with Gasteiger partial charge in [-0.2, -0.15) is 5.26 Å². The van der Waals surface area contributed by atoms with E-state index in [1.165, 1.54) is 13.1 Å². The zero-order valence-corrected chi connectivity index (χ0v) is 6.36. The predicted molar refractivity (Wildman–Crippen MR) is 19.4 cm³/mol. The summed E-state index contributed by atoms with van der Waals surface area (Å²) in [7, 11) is 0. The Morgan fingerprint density at radius 1 is 1.86 bits per heavy atom. The molecule has 32 valence electrons. The fourth-order valence-corrected chi connectivity index (χ4v) is 0.0787. The van der Waals surface area contributed by atoms with E-state index in [1.54, 1.807) is 0 Å². The van der Waals surface area contributed by atoms with Crippen LogP contribution in [0, 0.1) is 11.5 Å². The minimum Gasteiger partial charge on any atom is -0.274 e. The van der Waals surface area contributed by atoms with Crippen molar-refractivity contribution >= 4 is 5.91 Å². The number of hydrogen-bond acceptors (Lipinski definition) is 2. The molecule has 0 atom stereocenters. The van der Waals surface area contributed by atoms with Crippen molar-refractivity contribution in [1.82, 2.24) is 5.32 Å². The molecule has 0 aliphatic carbocycles. The van der Waals surface area contributed by atoms with Gasteiger partial charge in [-0.1, -0.05) is 0 Å². The molecule has 1 amide bonds. The van der Waals surface area contributed by atoms with Crippen molar-refractivity contribution in [2.75, 3.05) is 0 Å². The van der Waals surface area contributed by atoms with Crippen LogP contribution in [0.15, 0.2) is 0 Å². The van der Waals surface area contributed by atoms with Crippen LogP contribution >= 0.6 is 0 Å². The molecule has 0 aromatic carbocycles. The van der Waals surface area contributed by atoms with E-state index in [-0.39, 0.29) is 35.5 Å². The van der Waals surface area contributed by atoms with Crippen LogP contribution in [0.5, 0.6) is 0 Å². The molecule has 0 bridgehead atoms. The van der Waals surface area contributed by atoms with Crippen molar-refractivity contribution in [2.45, 2.75) is 6.92 Å². The summed E-state index contributed by atoms with van der Waals surface area (Å²) in [6.45, 7) is 1.28. The number of carbonyl (C=O) groups excluding carboxylic acids is 1.